The predicted molar refractivity (Wildman–Crippen MR) is 94.6 cm³/mol. The Morgan fingerprint density at radius 3 is 2.24 bits per heavy atom. The third-order valence-electron chi connectivity index (χ3n) is 4.56. The second-order valence-corrected chi connectivity index (χ2v) is 8.30. The van der Waals surface area contributed by atoms with Crippen molar-refractivity contribution in [2.75, 3.05) is 0 Å². The van der Waals surface area contributed by atoms with Crippen molar-refractivity contribution in [1.82, 2.24) is 20.2 Å². The summed E-state index contributed by atoms with van der Waals surface area (Å²) in [5, 5.41) is 12.6. The molecule has 0 aromatic carbocycles. The first-order valence-electron chi connectivity index (χ1n) is 8.24. The summed E-state index contributed by atoms with van der Waals surface area (Å²) in [6, 6.07) is -0.151. The number of halogens is 1. The molecule has 1 aliphatic carbocycles. The van der Waals surface area contributed by atoms with Crippen molar-refractivity contribution in [3.63, 3.8) is 0 Å². The lowest BCUT2D eigenvalue weighted by Gasteiger charge is -2.47. The summed E-state index contributed by atoms with van der Waals surface area (Å²) < 4.78 is 0. The molecule has 2 N–H and O–H groups in total. The van der Waals surface area contributed by atoms with Crippen LogP contribution >= 0.6 is 11.6 Å². The zero-order valence-electron chi connectivity index (χ0n) is 15.2. The molecular weight excluding hydrogens is 344 g/mol. The van der Waals surface area contributed by atoms with Crippen LogP contribution in [0.4, 0.5) is 4.79 Å². The van der Waals surface area contributed by atoms with Crippen molar-refractivity contribution in [1.29, 1.82) is 0 Å². The van der Waals surface area contributed by atoms with Gasteiger partial charge in [-0.1, -0.05) is 11.6 Å². The molecule has 2 rings (SSSR count). The predicted octanol–water partition coefficient (Wildman–Crippen LogP) is 2.83. The number of carbonyl (C=O) groups excluding carboxylic acids is 1. The SMILES string of the molecule is CC(C)(C(=O)N[C@H]1C[C@H](N(C(=O)O)C(C)(C)C)C1)c1nccnc1Cl. The lowest BCUT2D eigenvalue weighted by molar-refractivity contribution is -0.127. The highest BCUT2D eigenvalue weighted by Crippen LogP contribution is 2.33. The molecule has 0 radical (unpaired) electrons. The molecule has 0 bridgehead atoms. The second-order valence-electron chi connectivity index (χ2n) is 7.94. The van der Waals surface area contributed by atoms with E-state index in [1.165, 1.54) is 17.3 Å². The highest BCUT2D eigenvalue weighted by molar-refractivity contribution is 6.30. The molecule has 138 valence electrons. The van der Waals surface area contributed by atoms with Gasteiger partial charge in [-0.2, -0.15) is 0 Å². The smallest absolute Gasteiger partial charge is 0.407 e. The molecule has 2 amide bonds. The van der Waals surface area contributed by atoms with Crippen molar-refractivity contribution in [3.05, 3.63) is 23.2 Å². The number of carboxylic acid groups (broad SMARTS) is 1. The summed E-state index contributed by atoms with van der Waals surface area (Å²) in [7, 11) is 0. The molecular formula is C17H25ClN4O3. The Morgan fingerprint density at radius 1 is 1.20 bits per heavy atom. The number of rotatable bonds is 4. The van der Waals surface area contributed by atoms with Gasteiger partial charge < -0.3 is 15.3 Å². The Hall–Kier alpha value is -1.89. The summed E-state index contributed by atoms with van der Waals surface area (Å²) in [5.74, 6) is -0.198. The van der Waals surface area contributed by atoms with Crippen molar-refractivity contribution in [2.45, 2.75) is 70.5 Å². The maximum absolute atomic E-state index is 12.7. The van der Waals surface area contributed by atoms with Crippen LogP contribution in [0.25, 0.3) is 0 Å². The van der Waals surface area contributed by atoms with Crippen LogP contribution in [-0.2, 0) is 10.2 Å². The van der Waals surface area contributed by atoms with Crippen LogP contribution in [0.2, 0.25) is 5.15 Å². The molecule has 1 saturated carbocycles. The number of carbonyl (C=O) groups is 2. The lowest BCUT2D eigenvalue weighted by atomic mass is 9.81. The third-order valence-corrected chi connectivity index (χ3v) is 4.83. The average molecular weight is 369 g/mol. The van der Waals surface area contributed by atoms with Crippen molar-refractivity contribution >= 4 is 23.6 Å². The number of amides is 2. The molecule has 1 aliphatic rings. The van der Waals surface area contributed by atoms with E-state index in [1.807, 2.05) is 20.8 Å². The van der Waals surface area contributed by atoms with E-state index in [0.717, 1.165) is 0 Å². The van der Waals surface area contributed by atoms with Crippen molar-refractivity contribution in [3.8, 4) is 0 Å². The maximum Gasteiger partial charge on any atom is 0.407 e. The number of nitrogens with zero attached hydrogens (tertiary/aromatic N) is 3. The summed E-state index contributed by atoms with van der Waals surface area (Å²) in [6.45, 7) is 9.09. The molecule has 0 atom stereocenters. The fraction of sp³-hybridized carbons (Fsp3) is 0.647. The summed E-state index contributed by atoms with van der Waals surface area (Å²) in [5.41, 5.74) is -0.975. The quantitative estimate of drug-likeness (QED) is 0.851. The molecule has 1 aromatic heterocycles. The normalized spacial score (nSPS) is 20.6. The van der Waals surface area contributed by atoms with E-state index in [1.54, 1.807) is 13.8 Å². The summed E-state index contributed by atoms with van der Waals surface area (Å²) in [6.07, 6.45) is 3.24. The van der Waals surface area contributed by atoms with Crippen molar-refractivity contribution < 1.29 is 14.7 Å². The molecule has 8 heteroatoms. The Labute approximate surface area is 152 Å². The van der Waals surface area contributed by atoms with Gasteiger partial charge in [0.1, 0.15) is 0 Å². The van der Waals surface area contributed by atoms with Crippen LogP contribution in [-0.4, -0.2) is 49.6 Å². The first-order valence-corrected chi connectivity index (χ1v) is 8.62. The van der Waals surface area contributed by atoms with Gasteiger partial charge in [-0.3, -0.25) is 9.78 Å². The van der Waals surface area contributed by atoms with Gasteiger partial charge in [0.05, 0.1) is 11.1 Å². The molecule has 25 heavy (non-hydrogen) atoms. The van der Waals surface area contributed by atoms with E-state index < -0.39 is 17.0 Å². The van der Waals surface area contributed by atoms with E-state index in [4.69, 9.17) is 11.6 Å². The number of aromatic nitrogens is 2. The molecule has 0 saturated heterocycles. The fourth-order valence-electron chi connectivity index (χ4n) is 3.12. The summed E-state index contributed by atoms with van der Waals surface area (Å²) in [4.78, 5) is 33.8. The van der Waals surface area contributed by atoms with Gasteiger partial charge in [0.25, 0.3) is 0 Å². The largest absolute Gasteiger partial charge is 0.465 e. The maximum atomic E-state index is 12.7. The Kier molecular flexibility index (Phi) is 5.27. The molecule has 1 heterocycles. The zero-order chi connectivity index (χ0) is 19.0. The molecule has 0 unspecified atom stereocenters. The monoisotopic (exact) mass is 368 g/mol. The Balaban J connectivity index is 2.00. The molecule has 0 spiro atoms. The van der Waals surface area contributed by atoms with Gasteiger partial charge in [0.15, 0.2) is 5.15 Å². The molecule has 1 aromatic rings. The average Bonchev–Trinajstić information content (AvgIpc) is 2.43. The highest BCUT2D eigenvalue weighted by Gasteiger charge is 2.43. The van der Waals surface area contributed by atoms with Crippen LogP contribution in [0.15, 0.2) is 12.4 Å². The van der Waals surface area contributed by atoms with Crippen LogP contribution in [0.5, 0.6) is 0 Å². The van der Waals surface area contributed by atoms with Gasteiger partial charge in [-0.25, -0.2) is 9.78 Å². The van der Waals surface area contributed by atoms with Gasteiger partial charge in [0, 0.05) is 30.0 Å². The topological polar surface area (TPSA) is 95.4 Å². The van der Waals surface area contributed by atoms with Crippen molar-refractivity contribution in [2.24, 2.45) is 0 Å². The number of hydrogen-bond donors (Lipinski definition) is 2. The van der Waals surface area contributed by atoms with E-state index in [2.05, 4.69) is 15.3 Å². The molecule has 7 nitrogen and oxygen atoms in total. The van der Waals surface area contributed by atoms with E-state index in [9.17, 15) is 14.7 Å². The van der Waals surface area contributed by atoms with Gasteiger partial charge in [-0.05, 0) is 47.5 Å². The van der Waals surface area contributed by atoms with Gasteiger partial charge in [-0.15, -0.1) is 0 Å². The zero-order valence-corrected chi connectivity index (χ0v) is 16.0. The lowest BCUT2D eigenvalue weighted by Crippen LogP contribution is -2.61. The van der Waals surface area contributed by atoms with Crippen LogP contribution in [0.3, 0.4) is 0 Å². The number of hydrogen-bond acceptors (Lipinski definition) is 4. The number of nitrogens with one attached hydrogen (secondary N) is 1. The minimum atomic E-state index is -0.936. The Morgan fingerprint density at radius 2 is 1.76 bits per heavy atom. The third kappa shape index (κ3) is 4.03. The molecule has 1 fully saturated rings. The fourth-order valence-corrected chi connectivity index (χ4v) is 3.46. The standard InChI is InChI=1S/C17H25ClN4O3/c1-16(2,3)22(15(24)25)11-8-10(9-11)21-14(23)17(4,5)12-13(18)20-7-6-19-12/h6-7,10-11H,8-9H2,1-5H3,(H,21,23)(H,24,25)/t10-,11-. The minimum absolute atomic E-state index is 0.0589. The molecule has 0 aliphatic heterocycles. The van der Waals surface area contributed by atoms with E-state index in [0.29, 0.717) is 18.5 Å². The second kappa shape index (κ2) is 6.78. The van der Waals surface area contributed by atoms with Crippen LogP contribution in [0, 0.1) is 0 Å². The van der Waals surface area contributed by atoms with Gasteiger partial charge >= 0.3 is 6.09 Å². The van der Waals surface area contributed by atoms with E-state index >= 15 is 0 Å². The van der Waals surface area contributed by atoms with Crippen LogP contribution < -0.4 is 5.32 Å². The first kappa shape index (κ1) is 19.4. The van der Waals surface area contributed by atoms with E-state index in [-0.39, 0.29) is 23.1 Å². The summed E-state index contributed by atoms with van der Waals surface area (Å²) >= 11 is 6.06. The Bertz CT molecular complexity index is 666. The van der Waals surface area contributed by atoms with Gasteiger partial charge in [0.2, 0.25) is 5.91 Å². The minimum Gasteiger partial charge on any atom is -0.465 e. The van der Waals surface area contributed by atoms with Crippen LogP contribution in [0.1, 0.15) is 53.2 Å². The highest BCUT2D eigenvalue weighted by atomic mass is 35.5. The first-order chi connectivity index (χ1) is 11.4.